The van der Waals surface area contributed by atoms with Gasteiger partial charge in [-0.3, -0.25) is 0 Å². The fraction of sp³-hybridized carbons (Fsp3) is 0.308. The number of nitrogens with zero attached hydrogens (tertiary/aromatic N) is 1. The van der Waals surface area contributed by atoms with E-state index in [1.54, 1.807) is 25.1 Å². The Morgan fingerprint density at radius 3 is 2.65 bits per heavy atom. The van der Waals surface area contributed by atoms with Crippen molar-refractivity contribution in [3.8, 4) is 6.07 Å². The molecule has 0 fully saturated rings. The summed E-state index contributed by atoms with van der Waals surface area (Å²) in [6, 6.07) is 6.24. The number of carbonyl (C=O) groups is 2. The average Bonchev–Trinajstić information content (AvgIpc) is 2.36. The van der Waals surface area contributed by atoms with Crippen LogP contribution in [0, 0.1) is 18.3 Å². The number of hydrogen-bond acceptors (Lipinski definition) is 4. The van der Waals surface area contributed by atoms with Gasteiger partial charge in [0, 0.05) is 0 Å². The summed E-state index contributed by atoms with van der Waals surface area (Å²) in [4.78, 5) is 22.3. The molecule has 0 saturated carbocycles. The lowest BCUT2D eigenvalue weighted by atomic mass is 10.1. The van der Waals surface area contributed by atoms with Gasteiger partial charge >= 0.3 is 12.0 Å². The molecule has 0 saturated heterocycles. The number of carboxylic acids is 1. The fourth-order valence-corrected chi connectivity index (χ4v) is 1.41. The van der Waals surface area contributed by atoms with Gasteiger partial charge in [0.05, 0.1) is 17.8 Å². The molecule has 0 radical (unpaired) electrons. The van der Waals surface area contributed by atoms with Gasteiger partial charge in [-0.1, -0.05) is 12.1 Å². The monoisotopic (exact) mass is 277 g/mol. The number of amides is 2. The second kappa shape index (κ2) is 6.04. The first kappa shape index (κ1) is 15.5. The number of hydrogen-bond donors (Lipinski definition) is 4. The van der Waals surface area contributed by atoms with Crippen LogP contribution in [-0.4, -0.2) is 34.4 Å². The lowest BCUT2D eigenvalue weighted by Gasteiger charge is -2.18. The third-order valence-corrected chi connectivity index (χ3v) is 2.69. The van der Waals surface area contributed by atoms with Gasteiger partial charge in [-0.05, 0) is 25.5 Å². The number of carboxylic acid groups (broad SMARTS) is 1. The summed E-state index contributed by atoms with van der Waals surface area (Å²) in [7, 11) is 0. The molecular formula is C13H15N3O4. The average molecular weight is 277 g/mol. The van der Waals surface area contributed by atoms with Gasteiger partial charge in [-0.25, -0.2) is 9.59 Å². The van der Waals surface area contributed by atoms with Crippen LogP contribution in [0.3, 0.4) is 0 Å². The quantitative estimate of drug-likeness (QED) is 0.649. The van der Waals surface area contributed by atoms with E-state index < -0.39 is 24.1 Å². The zero-order valence-corrected chi connectivity index (χ0v) is 11.1. The van der Waals surface area contributed by atoms with Crippen molar-refractivity contribution in [3.05, 3.63) is 29.3 Å². The molecule has 0 heterocycles. The molecule has 0 aliphatic carbocycles. The number of anilines is 1. The first-order chi connectivity index (χ1) is 9.27. The van der Waals surface area contributed by atoms with E-state index in [4.69, 9.17) is 10.4 Å². The maximum atomic E-state index is 11.6. The van der Waals surface area contributed by atoms with Gasteiger partial charge < -0.3 is 20.8 Å². The summed E-state index contributed by atoms with van der Waals surface area (Å²) >= 11 is 0. The van der Waals surface area contributed by atoms with Crippen LogP contribution in [-0.2, 0) is 4.79 Å². The maximum absolute atomic E-state index is 11.6. The Morgan fingerprint density at radius 1 is 1.45 bits per heavy atom. The Morgan fingerprint density at radius 2 is 2.10 bits per heavy atom. The zero-order chi connectivity index (χ0) is 15.3. The number of rotatable bonds is 4. The van der Waals surface area contributed by atoms with Gasteiger partial charge in [0.2, 0.25) is 0 Å². The number of carbonyl (C=O) groups excluding carboxylic acids is 1. The zero-order valence-electron chi connectivity index (χ0n) is 11.1. The molecule has 1 aromatic carbocycles. The van der Waals surface area contributed by atoms with Crippen molar-refractivity contribution in [2.45, 2.75) is 19.4 Å². The third-order valence-electron chi connectivity index (χ3n) is 2.69. The normalized spacial score (nSPS) is 12.9. The molecule has 7 heteroatoms. The van der Waals surface area contributed by atoms with E-state index in [1.807, 2.05) is 6.07 Å². The number of nitriles is 1. The first-order valence-corrected chi connectivity index (χ1v) is 5.78. The standard InChI is InChI=1S/C13H15N3O4/c1-8-4-3-5-10(9(8)6-14)16-12(19)15-7-13(2,20)11(17)18/h3-5,20H,7H2,1-2H3,(H,17,18)(H2,15,16,19). The third kappa shape index (κ3) is 3.70. The van der Waals surface area contributed by atoms with Crippen LogP contribution in [0.4, 0.5) is 10.5 Å². The van der Waals surface area contributed by atoms with Crippen LogP contribution in [0.15, 0.2) is 18.2 Å². The van der Waals surface area contributed by atoms with Crippen LogP contribution in [0.2, 0.25) is 0 Å². The minimum Gasteiger partial charge on any atom is -0.479 e. The Bertz CT molecular complexity index is 575. The number of nitrogens with one attached hydrogen (secondary N) is 2. The highest BCUT2D eigenvalue weighted by atomic mass is 16.4. The molecule has 1 atom stereocenters. The van der Waals surface area contributed by atoms with Gasteiger partial charge in [-0.15, -0.1) is 0 Å². The molecule has 0 aromatic heterocycles. The number of aliphatic hydroxyl groups is 1. The predicted molar refractivity (Wildman–Crippen MR) is 71.2 cm³/mol. The first-order valence-electron chi connectivity index (χ1n) is 5.78. The second-order valence-corrected chi connectivity index (χ2v) is 4.50. The Hall–Kier alpha value is -2.59. The Balaban J connectivity index is 2.72. The lowest BCUT2D eigenvalue weighted by Crippen LogP contribution is -2.47. The van der Waals surface area contributed by atoms with E-state index in [1.165, 1.54) is 0 Å². The van der Waals surface area contributed by atoms with Gasteiger partial charge in [0.1, 0.15) is 6.07 Å². The number of benzene rings is 1. The van der Waals surface area contributed by atoms with Crippen molar-refractivity contribution in [3.63, 3.8) is 0 Å². The van der Waals surface area contributed by atoms with Crippen molar-refractivity contribution in [1.82, 2.24) is 5.32 Å². The van der Waals surface area contributed by atoms with Crippen molar-refractivity contribution in [2.24, 2.45) is 0 Å². The largest absolute Gasteiger partial charge is 0.479 e. The molecule has 0 aliphatic rings. The minimum absolute atomic E-state index is 0.319. The molecule has 0 spiro atoms. The summed E-state index contributed by atoms with van der Waals surface area (Å²) in [5.41, 5.74) is -0.697. The topological polar surface area (TPSA) is 122 Å². The Kier molecular flexibility index (Phi) is 4.67. The molecule has 106 valence electrons. The predicted octanol–water partition coefficient (Wildman–Crippen LogP) is 0.824. The van der Waals surface area contributed by atoms with Crippen LogP contribution < -0.4 is 10.6 Å². The Labute approximate surface area is 115 Å². The number of aliphatic carboxylic acids is 1. The van der Waals surface area contributed by atoms with E-state index >= 15 is 0 Å². The van der Waals surface area contributed by atoms with Crippen LogP contribution in [0.1, 0.15) is 18.1 Å². The molecule has 0 bridgehead atoms. The van der Waals surface area contributed by atoms with Crippen molar-refractivity contribution in [1.29, 1.82) is 5.26 Å². The smallest absolute Gasteiger partial charge is 0.337 e. The van der Waals surface area contributed by atoms with Crippen LogP contribution in [0.25, 0.3) is 0 Å². The van der Waals surface area contributed by atoms with E-state index in [0.717, 1.165) is 6.92 Å². The van der Waals surface area contributed by atoms with Gasteiger partial charge in [-0.2, -0.15) is 5.26 Å². The van der Waals surface area contributed by atoms with E-state index in [9.17, 15) is 14.7 Å². The molecule has 1 aromatic rings. The number of aryl methyl sites for hydroxylation is 1. The fourth-order valence-electron chi connectivity index (χ4n) is 1.41. The molecule has 20 heavy (non-hydrogen) atoms. The molecule has 2 amide bonds. The molecule has 1 unspecified atom stereocenters. The summed E-state index contributed by atoms with van der Waals surface area (Å²) in [6.45, 7) is 2.35. The molecule has 0 aliphatic heterocycles. The number of urea groups is 1. The lowest BCUT2D eigenvalue weighted by molar-refractivity contribution is -0.155. The van der Waals surface area contributed by atoms with Crippen LogP contribution in [0.5, 0.6) is 0 Å². The highest BCUT2D eigenvalue weighted by Crippen LogP contribution is 2.18. The highest BCUT2D eigenvalue weighted by molar-refractivity contribution is 5.91. The molecular weight excluding hydrogens is 262 g/mol. The summed E-state index contributed by atoms with van der Waals surface area (Å²) < 4.78 is 0. The highest BCUT2D eigenvalue weighted by Gasteiger charge is 2.30. The van der Waals surface area contributed by atoms with E-state index in [2.05, 4.69) is 10.6 Å². The van der Waals surface area contributed by atoms with E-state index in [-0.39, 0.29) is 0 Å². The summed E-state index contributed by atoms with van der Waals surface area (Å²) in [5.74, 6) is -1.44. The van der Waals surface area contributed by atoms with Crippen molar-refractivity contribution in [2.75, 3.05) is 11.9 Å². The molecule has 7 nitrogen and oxygen atoms in total. The maximum Gasteiger partial charge on any atom is 0.337 e. The van der Waals surface area contributed by atoms with Crippen LogP contribution >= 0.6 is 0 Å². The molecule has 4 N–H and O–H groups in total. The SMILES string of the molecule is Cc1cccc(NC(=O)NCC(C)(O)C(=O)O)c1C#N. The second-order valence-electron chi connectivity index (χ2n) is 4.50. The van der Waals surface area contributed by atoms with E-state index in [0.29, 0.717) is 16.8 Å². The van der Waals surface area contributed by atoms with Crippen molar-refractivity contribution >= 4 is 17.7 Å². The summed E-state index contributed by atoms with van der Waals surface area (Å²) in [5, 5.41) is 31.8. The summed E-state index contributed by atoms with van der Waals surface area (Å²) in [6.07, 6.45) is 0. The van der Waals surface area contributed by atoms with Gasteiger partial charge in [0.15, 0.2) is 5.60 Å². The van der Waals surface area contributed by atoms with Gasteiger partial charge in [0.25, 0.3) is 0 Å². The minimum atomic E-state index is -2.05. The van der Waals surface area contributed by atoms with Crippen molar-refractivity contribution < 1.29 is 19.8 Å². The molecule has 1 rings (SSSR count).